The first kappa shape index (κ1) is 19.8. The normalized spacial score (nSPS) is 12.3. The van der Waals surface area contributed by atoms with Gasteiger partial charge < -0.3 is 5.32 Å². The Kier molecular flexibility index (Phi) is 6.21. The van der Waals surface area contributed by atoms with Gasteiger partial charge in [0.2, 0.25) is 5.91 Å². The van der Waals surface area contributed by atoms with Crippen molar-refractivity contribution < 1.29 is 13.2 Å². The molecule has 3 rings (SSSR count). The summed E-state index contributed by atoms with van der Waals surface area (Å²) in [5.41, 5.74) is 2.40. The van der Waals surface area contributed by atoms with Crippen LogP contribution in [0.3, 0.4) is 0 Å². The number of benzene rings is 2. The number of rotatable bonds is 7. The van der Waals surface area contributed by atoms with E-state index in [4.69, 9.17) is 0 Å². The van der Waals surface area contributed by atoms with Crippen molar-refractivity contribution in [3.05, 3.63) is 95.8 Å². The highest BCUT2D eigenvalue weighted by Gasteiger charge is 2.29. The van der Waals surface area contributed by atoms with Crippen LogP contribution in [0.2, 0.25) is 0 Å². The molecule has 1 N–H and O–H groups in total. The lowest BCUT2D eigenvalue weighted by Gasteiger charge is -2.19. The minimum Gasteiger partial charge on any atom is -0.354 e. The highest BCUT2D eigenvalue weighted by atomic mass is 32.2. The predicted molar refractivity (Wildman–Crippen MR) is 108 cm³/mol. The van der Waals surface area contributed by atoms with E-state index in [1.807, 2.05) is 37.3 Å². The van der Waals surface area contributed by atoms with E-state index in [-0.39, 0.29) is 23.8 Å². The quantitative estimate of drug-likeness (QED) is 0.667. The summed E-state index contributed by atoms with van der Waals surface area (Å²) in [5.74, 6) is -0.223. The number of carbonyl (C=O) groups excluding carboxylic acids is 1. The standard InChI is InChI=1S/C22H22N2O3S/c1-17-9-11-20(12-10-17)28(26,27)21(19-8-5-13-23-15-19)16-24-22(25)14-18-6-3-2-4-7-18/h2-13,15,21H,14,16H2,1H3,(H,24,25)/t21-/m0/s1. The molecular formula is C22H22N2O3S. The van der Waals surface area contributed by atoms with Gasteiger partial charge in [0, 0.05) is 18.9 Å². The zero-order valence-electron chi connectivity index (χ0n) is 15.6. The Hall–Kier alpha value is -2.99. The maximum absolute atomic E-state index is 13.2. The average Bonchev–Trinajstić information content (AvgIpc) is 2.70. The first-order valence-corrected chi connectivity index (χ1v) is 10.5. The van der Waals surface area contributed by atoms with Crippen LogP contribution in [-0.4, -0.2) is 25.9 Å². The molecule has 0 spiro atoms. The number of carbonyl (C=O) groups is 1. The maximum Gasteiger partial charge on any atom is 0.224 e. The van der Waals surface area contributed by atoms with Crippen molar-refractivity contribution in [1.82, 2.24) is 10.3 Å². The highest BCUT2D eigenvalue weighted by Crippen LogP contribution is 2.28. The number of amides is 1. The lowest BCUT2D eigenvalue weighted by Crippen LogP contribution is -2.33. The van der Waals surface area contributed by atoms with Gasteiger partial charge >= 0.3 is 0 Å². The van der Waals surface area contributed by atoms with Gasteiger partial charge in [0.15, 0.2) is 9.84 Å². The lowest BCUT2D eigenvalue weighted by atomic mass is 10.1. The molecule has 1 amide bonds. The van der Waals surface area contributed by atoms with E-state index in [0.29, 0.717) is 5.56 Å². The van der Waals surface area contributed by atoms with Crippen LogP contribution in [0.1, 0.15) is 21.9 Å². The molecule has 1 aromatic heterocycles. The molecule has 1 heterocycles. The monoisotopic (exact) mass is 394 g/mol. The van der Waals surface area contributed by atoms with E-state index in [9.17, 15) is 13.2 Å². The third-order valence-corrected chi connectivity index (χ3v) is 6.59. The third-order valence-electron chi connectivity index (χ3n) is 4.47. The van der Waals surface area contributed by atoms with Crippen molar-refractivity contribution in [2.75, 3.05) is 6.54 Å². The van der Waals surface area contributed by atoms with Crippen LogP contribution in [0.5, 0.6) is 0 Å². The summed E-state index contributed by atoms with van der Waals surface area (Å²) in [6.45, 7) is 1.88. The van der Waals surface area contributed by atoms with E-state index in [1.165, 1.54) is 6.20 Å². The van der Waals surface area contributed by atoms with Gasteiger partial charge in [-0.3, -0.25) is 9.78 Å². The molecule has 0 radical (unpaired) electrons. The summed E-state index contributed by atoms with van der Waals surface area (Å²) in [6.07, 6.45) is 3.32. The molecule has 6 heteroatoms. The molecule has 5 nitrogen and oxygen atoms in total. The van der Waals surface area contributed by atoms with Gasteiger partial charge in [-0.05, 0) is 36.2 Å². The second-order valence-electron chi connectivity index (χ2n) is 6.60. The van der Waals surface area contributed by atoms with Gasteiger partial charge in [0.1, 0.15) is 5.25 Å². The van der Waals surface area contributed by atoms with Gasteiger partial charge in [0.25, 0.3) is 0 Å². The van der Waals surface area contributed by atoms with Crippen molar-refractivity contribution in [3.8, 4) is 0 Å². The van der Waals surface area contributed by atoms with Gasteiger partial charge in [-0.25, -0.2) is 8.42 Å². The minimum absolute atomic E-state index is 0.0203. The minimum atomic E-state index is -3.69. The molecule has 0 aliphatic heterocycles. The molecule has 0 bridgehead atoms. The van der Waals surface area contributed by atoms with E-state index in [2.05, 4.69) is 10.3 Å². The molecule has 0 fully saturated rings. The Bertz CT molecular complexity index is 1020. The molecule has 0 aliphatic carbocycles. The third kappa shape index (κ3) is 4.84. The number of pyridine rings is 1. The van der Waals surface area contributed by atoms with Crippen LogP contribution >= 0.6 is 0 Å². The zero-order chi connectivity index (χ0) is 20.0. The second kappa shape index (κ2) is 8.80. The lowest BCUT2D eigenvalue weighted by molar-refractivity contribution is -0.120. The smallest absolute Gasteiger partial charge is 0.224 e. The van der Waals surface area contributed by atoms with Crippen LogP contribution in [0.4, 0.5) is 0 Å². The number of hydrogen-bond acceptors (Lipinski definition) is 4. The molecule has 0 saturated heterocycles. The SMILES string of the molecule is Cc1ccc(S(=O)(=O)[C@@H](CNC(=O)Cc2ccccc2)c2cccnc2)cc1. The largest absolute Gasteiger partial charge is 0.354 e. The topological polar surface area (TPSA) is 76.1 Å². The van der Waals surface area contributed by atoms with Crippen molar-refractivity contribution >= 4 is 15.7 Å². The second-order valence-corrected chi connectivity index (χ2v) is 8.73. The first-order chi connectivity index (χ1) is 13.5. The van der Waals surface area contributed by atoms with E-state index in [0.717, 1.165) is 11.1 Å². The Labute approximate surface area is 165 Å². The Morgan fingerprint density at radius 1 is 1.00 bits per heavy atom. The summed E-state index contributed by atoms with van der Waals surface area (Å²) in [5, 5.41) is 1.86. The number of nitrogens with zero attached hydrogens (tertiary/aromatic N) is 1. The van der Waals surface area contributed by atoms with Crippen LogP contribution in [0.15, 0.2) is 84.0 Å². The number of hydrogen-bond donors (Lipinski definition) is 1. The molecule has 0 unspecified atom stereocenters. The Balaban J connectivity index is 1.82. The van der Waals surface area contributed by atoms with Gasteiger partial charge in [-0.2, -0.15) is 0 Å². The fourth-order valence-corrected chi connectivity index (χ4v) is 4.56. The molecule has 1 atom stereocenters. The van der Waals surface area contributed by atoms with E-state index >= 15 is 0 Å². The van der Waals surface area contributed by atoms with E-state index < -0.39 is 15.1 Å². The van der Waals surface area contributed by atoms with Crippen molar-refractivity contribution in [1.29, 1.82) is 0 Å². The Morgan fingerprint density at radius 3 is 2.36 bits per heavy atom. The number of aryl methyl sites for hydroxylation is 1. The molecule has 28 heavy (non-hydrogen) atoms. The van der Waals surface area contributed by atoms with Crippen LogP contribution in [0, 0.1) is 6.92 Å². The van der Waals surface area contributed by atoms with Crippen LogP contribution < -0.4 is 5.32 Å². The predicted octanol–water partition coefficient (Wildman–Crippen LogP) is 3.26. The number of nitrogens with one attached hydrogen (secondary N) is 1. The first-order valence-electron chi connectivity index (χ1n) is 8.98. The van der Waals surface area contributed by atoms with Crippen LogP contribution in [-0.2, 0) is 21.1 Å². The van der Waals surface area contributed by atoms with Crippen LogP contribution in [0.25, 0.3) is 0 Å². The van der Waals surface area contributed by atoms with Gasteiger partial charge in [-0.15, -0.1) is 0 Å². The Morgan fingerprint density at radius 2 is 1.71 bits per heavy atom. The molecule has 0 aliphatic rings. The molecule has 2 aromatic carbocycles. The van der Waals surface area contributed by atoms with E-state index in [1.54, 1.807) is 42.6 Å². The summed E-state index contributed by atoms with van der Waals surface area (Å²) < 4.78 is 26.5. The zero-order valence-corrected chi connectivity index (χ0v) is 16.4. The number of sulfone groups is 1. The van der Waals surface area contributed by atoms with Crippen molar-refractivity contribution in [3.63, 3.8) is 0 Å². The molecular weight excluding hydrogens is 372 g/mol. The van der Waals surface area contributed by atoms with Gasteiger partial charge in [0.05, 0.1) is 11.3 Å². The molecule has 144 valence electrons. The maximum atomic E-state index is 13.2. The fraction of sp³-hybridized carbons (Fsp3) is 0.182. The van der Waals surface area contributed by atoms with Crippen molar-refractivity contribution in [2.24, 2.45) is 0 Å². The fourth-order valence-electron chi connectivity index (χ4n) is 2.92. The van der Waals surface area contributed by atoms with Gasteiger partial charge in [-0.1, -0.05) is 54.1 Å². The summed E-state index contributed by atoms with van der Waals surface area (Å²) in [4.78, 5) is 16.6. The summed E-state index contributed by atoms with van der Waals surface area (Å²) in [6, 6.07) is 19.5. The average molecular weight is 394 g/mol. The molecule has 0 saturated carbocycles. The van der Waals surface area contributed by atoms with Crippen molar-refractivity contribution in [2.45, 2.75) is 23.5 Å². The summed E-state index contributed by atoms with van der Waals surface area (Å²) >= 11 is 0. The molecule has 3 aromatic rings. The number of aromatic nitrogens is 1. The summed E-state index contributed by atoms with van der Waals surface area (Å²) in [7, 11) is -3.69. The highest BCUT2D eigenvalue weighted by molar-refractivity contribution is 7.91.